The summed E-state index contributed by atoms with van der Waals surface area (Å²) in [6.45, 7) is 1.15. The van der Waals surface area contributed by atoms with Crippen LogP contribution in [-0.2, 0) is 0 Å². The van der Waals surface area contributed by atoms with E-state index in [1.54, 1.807) is 17.0 Å². The van der Waals surface area contributed by atoms with E-state index in [1.165, 1.54) is 6.07 Å². The lowest BCUT2D eigenvalue weighted by molar-refractivity contribution is -0.0886. The summed E-state index contributed by atoms with van der Waals surface area (Å²) in [4.78, 5) is 28.0. The van der Waals surface area contributed by atoms with Crippen LogP contribution in [0.1, 0.15) is 42.6 Å². The van der Waals surface area contributed by atoms with Crippen molar-refractivity contribution >= 4 is 5.91 Å². The minimum atomic E-state index is -0.584. The molecule has 2 atom stereocenters. The molecule has 0 radical (unpaired) electrons. The van der Waals surface area contributed by atoms with Gasteiger partial charge in [-0.05, 0) is 25.3 Å². The van der Waals surface area contributed by atoms with Crippen molar-refractivity contribution in [3.8, 4) is 0 Å². The molecule has 108 valence electrons. The van der Waals surface area contributed by atoms with Gasteiger partial charge < -0.3 is 15.0 Å². The molecule has 5 heteroatoms. The van der Waals surface area contributed by atoms with Crippen LogP contribution in [0.15, 0.2) is 23.0 Å². The molecule has 2 aliphatic rings. The molecule has 0 bridgehead atoms. The normalized spacial score (nSPS) is 29.9. The van der Waals surface area contributed by atoms with Gasteiger partial charge in [0, 0.05) is 25.1 Å². The Hall–Kier alpha value is -1.62. The number of rotatable bonds is 1. The Balaban J connectivity index is 1.76. The quantitative estimate of drug-likeness (QED) is 0.808. The molecule has 2 N–H and O–H groups in total. The van der Waals surface area contributed by atoms with Gasteiger partial charge in [-0.3, -0.25) is 9.59 Å². The molecule has 1 aromatic heterocycles. The van der Waals surface area contributed by atoms with Crippen LogP contribution in [0.3, 0.4) is 0 Å². The Labute approximate surface area is 117 Å². The standard InChI is InChI=1S/C15H20N2O3/c18-13-6-3-5-12(16-13)14(19)17-9-8-15(20)7-2-1-4-11(15)10-17/h3,5-6,11,20H,1-2,4,7-10H2,(H,16,18). The molecule has 1 aliphatic heterocycles. The van der Waals surface area contributed by atoms with E-state index >= 15 is 0 Å². The van der Waals surface area contributed by atoms with Crippen LogP contribution in [0.25, 0.3) is 0 Å². The summed E-state index contributed by atoms with van der Waals surface area (Å²) in [5.74, 6) is 0.0275. The van der Waals surface area contributed by atoms with E-state index in [0.717, 1.165) is 25.7 Å². The number of hydrogen-bond donors (Lipinski definition) is 2. The Morgan fingerprint density at radius 2 is 2.20 bits per heavy atom. The first-order chi connectivity index (χ1) is 9.58. The van der Waals surface area contributed by atoms with Gasteiger partial charge in [-0.15, -0.1) is 0 Å². The molecular weight excluding hydrogens is 256 g/mol. The predicted molar refractivity (Wildman–Crippen MR) is 74.5 cm³/mol. The highest BCUT2D eigenvalue weighted by Crippen LogP contribution is 2.39. The van der Waals surface area contributed by atoms with E-state index in [4.69, 9.17) is 0 Å². The third-order valence-electron chi connectivity index (χ3n) is 4.71. The second-order valence-electron chi connectivity index (χ2n) is 5.98. The van der Waals surface area contributed by atoms with Gasteiger partial charge in [-0.1, -0.05) is 18.9 Å². The highest BCUT2D eigenvalue weighted by atomic mass is 16.3. The first kappa shape index (κ1) is 13.4. The zero-order chi connectivity index (χ0) is 14.2. The lowest BCUT2D eigenvalue weighted by atomic mass is 9.71. The minimum absolute atomic E-state index is 0.143. The molecule has 2 heterocycles. The van der Waals surface area contributed by atoms with Gasteiger partial charge in [-0.25, -0.2) is 0 Å². The van der Waals surface area contributed by atoms with Gasteiger partial charge in [0.15, 0.2) is 0 Å². The van der Waals surface area contributed by atoms with Crippen LogP contribution in [0.2, 0.25) is 0 Å². The van der Waals surface area contributed by atoms with Crippen LogP contribution in [0, 0.1) is 5.92 Å². The van der Waals surface area contributed by atoms with Crippen molar-refractivity contribution in [1.29, 1.82) is 0 Å². The lowest BCUT2D eigenvalue weighted by Gasteiger charge is -2.47. The Morgan fingerprint density at radius 1 is 1.35 bits per heavy atom. The maximum atomic E-state index is 12.4. The van der Waals surface area contributed by atoms with Crippen molar-refractivity contribution in [2.75, 3.05) is 13.1 Å². The summed E-state index contributed by atoms with van der Waals surface area (Å²) in [5, 5.41) is 10.6. The number of hydrogen-bond acceptors (Lipinski definition) is 3. The van der Waals surface area contributed by atoms with Gasteiger partial charge in [0.2, 0.25) is 5.56 Å². The molecular formula is C15H20N2O3. The number of fused-ring (bicyclic) bond motifs is 1. The van der Waals surface area contributed by atoms with E-state index < -0.39 is 5.60 Å². The van der Waals surface area contributed by atoms with E-state index in [9.17, 15) is 14.7 Å². The molecule has 3 rings (SSSR count). The largest absolute Gasteiger partial charge is 0.389 e. The maximum Gasteiger partial charge on any atom is 0.270 e. The summed E-state index contributed by atoms with van der Waals surface area (Å²) < 4.78 is 0. The molecule has 1 amide bonds. The average Bonchev–Trinajstić information content (AvgIpc) is 2.45. The van der Waals surface area contributed by atoms with Crippen molar-refractivity contribution in [3.63, 3.8) is 0 Å². The SMILES string of the molecule is O=C(c1cccc(=O)[nH]1)N1CCC2(O)CCCCC2C1. The number of H-pyrrole nitrogens is 1. The van der Waals surface area contributed by atoms with Crippen LogP contribution in [0.5, 0.6) is 0 Å². The second-order valence-corrected chi connectivity index (χ2v) is 5.98. The molecule has 2 unspecified atom stereocenters. The average molecular weight is 276 g/mol. The van der Waals surface area contributed by atoms with Crippen molar-refractivity contribution < 1.29 is 9.90 Å². The first-order valence-corrected chi connectivity index (χ1v) is 7.29. The zero-order valence-electron chi connectivity index (χ0n) is 11.5. The smallest absolute Gasteiger partial charge is 0.270 e. The number of amides is 1. The summed E-state index contributed by atoms with van der Waals surface area (Å²) in [5.41, 5.74) is -0.514. The zero-order valence-corrected chi connectivity index (χ0v) is 11.5. The summed E-state index contributed by atoms with van der Waals surface area (Å²) >= 11 is 0. The number of piperidine rings is 1. The summed E-state index contributed by atoms with van der Waals surface area (Å²) in [7, 11) is 0. The van der Waals surface area contributed by atoms with Crippen LogP contribution in [-0.4, -0.2) is 39.6 Å². The van der Waals surface area contributed by atoms with Gasteiger partial charge in [0.25, 0.3) is 5.91 Å². The Bertz CT molecular complexity index is 568. The number of carbonyl (C=O) groups is 1. The number of carbonyl (C=O) groups excluding carboxylic acids is 1. The van der Waals surface area contributed by atoms with Crippen molar-refractivity contribution in [2.45, 2.75) is 37.7 Å². The molecule has 1 aliphatic carbocycles. The number of aromatic nitrogens is 1. The Kier molecular flexibility index (Phi) is 3.38. The summed E-state index contributed by atoms with van der Waals surface area (Å²) in [6.07, 6.45) is 4.66. The fourth-order valence-electron chi connectivity index (χ4n) is 3.50. The molecule has 1 aromatic rings. The minimum Gasteiger partial charge on any atom is -0.389 e. The number of aliphatic hydroxyl groups is 1. The third kappa shape index (κ3) is 2.38. The molecule has 1 saturated heterocycles. The van der Waals surface area contributed by atoms with Crippen molar-refractivity contribution in [1.82, 2.24) is 9.88 Å². The molecule has 0 spiro atoms. The van der Waals surface area contributed by atoms with Gasteiger partial charge >= 0.3 is 0 Å². The molecule has 20 heavy (non-hydrogen) atoms. The topological polar surface area (TPSA) is 73.4 Å². The van der Waals surface area contributed by atoms with Crippen molar-refractivity contribution in [3.05, 3.63) is 34.2 Å². The molecule has 5 nitrogen and oxygen atoms in total. The van der Waals surface area contributed by atoms with Gasteiger partial charge in [-0.2, -0.15) is 0 Å². The third-order valence-corrected chi connectivity index (χ3v) is 4.71. The number of nitrogens with one attached hydrogen (secondary N) is 1. The predicted octanol–water partition coefficient (Wildman–Crippen LogP) is 1.14. The lowest BCUT2D eigenvalue weighted by Crippen LogP contribution is -2.54. The van der Waals surface area contributed by atoms with E-state index in [0.29, 0.717) is 25.2 Å². The maximum absolute atomic E-state index is 12.4. The number of pyridine rings is 1. The van der Waals surface area contributed by atoms with E-state index in [-0.39, 0.29) is 17.4 Å². The molecule has 1 saturated carbocycles. The van der Waals surface area contributed by atoms with Crippen LogP contribution >= 0.6 is 0 Å². The Morgan fingerprint density at radius 3 is 3.00 bits per heavy atom. The fourth-order valence-corrected chi connectivity index (χ4v) is 3.50. The molecule has 0 aromatic carbocycles. The van der Waals surface area contributed by atoms with E-state index in [2.05, 4.69) is 4.98 Å². The summed E-state index contributed by atoms with van der Waals surface area (Å²) in [6, 6.07) is 4.62. The molecule has 2 fully saturated rings. The number of nitrogens with zero attached hydrogens (tertiary/aromatic N) is 1. The van der Waals surface area contributed by atoms with Gasteiger partial charge in [0.05, 0.1) is 5.60 Å². The van der Waals surface area contributed by atoms with Crippen LogP contribution < -0.4 is 5.56 Å². The number of aromatic amines is 1. The van der Waals surface area contributed by atoms with Crippen molar-refractivity contribution in [2.24, 2.45) is 5.92 Å². The highest BCUT2D eigenvalue weighted by Gasteiger charge is 2.43. The number of likely N-dealkylation sites (tertiary alicyclic amines) is 1. The first-order valence-electron chi connectivity index (χ1n) is 7.29. The fraction of sp³-hybridized carbons (Fsp3) is 0.600. The highest BCUT2D eigenvalue weighted by molar-refractivity contribution is 5.92. The monoisotopic (exact) mass is 276 g/mol. The van der Waals surface area contributed by atoms with Gasteiger partial charge in [0.1, 0.15) is 5.69 Å². The van der Waals surface area contributed by atoms with Crippen LogP contribution in [0.4, 0.5) is 0 Å². The second kappa shape index (κ2) is 5.05. The van der Waals surface area contributed by atoms with E-state index in [1.807, 2.05) is 0 Å².